The molecule has 4 heteroatoms. The summed E-state index contributed by atoms with van der Waals surface area (Å²) in [6.45, 7) is -0.722. The SMILES string of the molecule is O=C(OCO)C(=CC1=CCCCC1)CCO. The first-order valence-electron chi connectivity index (χ1n) is 5.56. The first-order chi connectivity index (χ1) is 7.77. The fourth-order valence-corrected chi connectivity index (χ4v) is 1.72. The molecular formula is C12H18O4. The van der Waals surface area contributed by atoms with E-state index >= 15 is 0 Å². The lowest BCUT2D eigenvalue weighted by molar-refractivity contribution is -0.147. The average molecular weight is 226 g/mol. The molecule has 4 nitrogen and oxygen atoms in total. The molecule has 0 aromatic carbocycles. The lowest BCUT2D eigenvalue weighted by Crippen LogP contribution is -2.10. The quantitative estimate of drug-likeness (QED) is 0.421. The summed E-state index contributed by atoms with van der Waals surface area (Å²) in [5.41, 5.74) is 1.54. The Bertz CT molecular complexity index is 291. The molecule has 0 fully saturated rings. The van der Waals surface area contributed by atoms with Crippen molar-refractivity contribution in [3.63, 3.8) is 0 Å². The number of esters is 1. The fourth-order valence-electron chi connectivity index (χ4n) is 1.72. The van der Waals surface area contributed by atoms with Crippen molar-refractivity contribution < 1.29 is 19.7 Å². The molecule has 0 amide bonds. The summed E-state index contributed by atoms with van der Waals surface area (Å²) in [7, 11) is 0. The Labute approximate surface area is 95.2 Å². The molecule has 0 saturated heterocycles. The van der Waals surface area contributed by atoms with E-state index in [1.54, 1.807) is 6.08 Å². The number of aliphatic hydroxyl groups excluding tert-OH is 2. The Morgan fingerprint density at radius 1 is 1.44 bits per heavy atom. The van der Waals surface area contributed by atoms with E-state index in [0.29, 0.717) is 5.57 Å². The highest BCUT2D eigenvalue weighted by Crippen LogP contribution is 2.20. The molecule has 0 aliphatic heterocycles. The first-order valence-corrected chi connectivity index (χ1v) is 5.56. The van der Waals surface area contributed by atoms with E-state index in [-0.39, 0.29) is 13.0 Å². The summed E-state index contributed by atoms with van der Waals surface area (Å²) >= 11 is 0. The van der Waals surface area contributed by atoms with Crippen LogP contribution in [0.25, 0.3) is 0 Å². The zero-order valence-corrected chi connectivity index (χ0v) is 9.32. The van der Waals surface area contributed by atoms with Gasteiger partial charge in [-0.25, -0.2) is 4.79 Å². The van der Waals surface area contributed by atoms with Gasteiger partial charge in [0.05, 0.1) is 0 Å². The highest BCUT2D eigenvalue weighted by molar-refractivity contribution is 5.89. The van der Waals surface area contributed by atoms with E-state index in [1.807, 2.05) is 0 Å². The van der Waals surface area contributed by atoms with Crippen LogP contribution in [0, 0.1) is 0 Å². The van der Waals surface area contributed by atoms with Crippen molar-refractivity contribution in [1.29, 1.82) is 0 Å². The first kappa shape index (κ1) is 12.9. The topological polar surface area (TPSA) is 66.8 Å². The predicted octanol–water partition coefficient (Wildman–Crippen LogP) is 1.29. The van der Waals surface area contributed by atoms with Crippen molar-refractivity contribution in [2.24, 2.45) is 0 Å². The van der Waals surface area contributed by atoms with Crippen molar-refractivity contribution in [3.8, 4) is 0 Å². The summed E-state index contributed by atoms with van der Waals surface area (Å²) in [4.78, 5) is 11.4. The van der Waals surface area contributed by atoms with Gasteiger partial charge in [0, 0.05) is 18.6 Å². The molecular weight excluding hydrogens is 208 g/mol. The third kappa shape index (κ3) is 4.16. The summed E-state index contributed by atoms with van der Waals surface area (Å²) in [6.07, 6.45) is 8.45. The zero-order valence-electron chi connectivity index (χ0n) is 9.32. The van der Waals surface area contributed by atoms with Gasteiger partial charge in [0.1, 0.15) is 0 Å². The highest BCUT2D eigenvalue weighted by Gasteiger charge is 2.11. The maximum atomic E-state index is 11.4. The fraction of sp³-hybridized carbons (Fsp3) is 0.583. The van der Waals surface area contributed by atoms with Gasteiger partial charge in [-0.2, -0.15) is 0 Å². The van der Waals surface area contributed by atoms with E-state index in [1.165, 1.54) is 6.42 Å². The number of hydrogen-bond donors (Lipinski definition) is 2. The smallest absolute Gasteiger partial charge is 0.336 e. The molecule has 0 saturated carbocycles. The van der Waals surface area contributed by atoms with E-state index in [4.69, 9.17) is 10.2 Å². The normalized spacial score (nSPS) is 16.9. The van der Waals surface area contributed by atoms with Crippen LogP contribution in [0.2, 0.25) is 0 Å². The molecule has 1 rings (SSSR count). The summed E-state index contributed by atoms with van der Waals surface area (Å²) in [5.74, 6) is -0.553. The van der Waals surface area contributed by atoms with Gasteiger partial charge in [0.2, 0.25) is 0 Å². The molecule has 0 atom stereocenters. The maximum Gasteiger partial charge on any atom is 0.336 e. The maximum absolute atomic E-state index is 11.4. The molecule has 2 N–H and O–H groups in total. The third-order valence-electron chi connectivity index (χ3n) is 2.52. The van der Waals surface area contributed by atoms with Crippen molar-refractivity contribution in [2.75, 3.05) is 13.4 Å². The van der Waals surface area contributed by atoms with Gasteiger partial charge >= 0.3 is 5.97 Å². The van der Waals surface area contributed by atoms with Crippen LogP contribution in [0.5, 0.6) is 0 Å². The molecule has 90 valence electrons. The van der Waals surface area contributed by atoms with Crippen LogP contribution >= 0.6 is 0 Å². The number of ether oxygens (including phenoxy) is 1. The largest absolute Gasteiger partial charge is 0.435 e. The Hall–Kier alpha value is -1.13. The van der Waals surface area contributed by atoms with E-state index in [9.17, 15) is 4.79 Å². The van der Waals surface area contributed by atoms with Gasteiger partial charge in [0.15, 0.2) is 6.79 Å². The summed E-state index contributed by atoms with van der Waals surface area (Å²) < 4.78 is 4.51. The molecule has 0 radical (unpaired) electrons. The van der Waals surface area contributed by atoms with Gasteiger partial charge < -0.3 is 14.9 Å². The average Bonchev–Trinajstić information content (AvgIpc) is 2.30. The molecule has 1 aliphatic rings. The van der Waals surface area contributed by atoms with Crippen LogP contribution in [0.15, 0.2) is 23.3 Å². The van der Waals surface area contributed by atoms with Crippen LogP contribution in [0.3, 0.4) is 0 Å². The Balaban J connectivity index is 2.70. The van der Waals surface area contributed by atoms with Crippen LogP contribution in [-0.2, 0) is 9.53 Å². The van der Waals surface area contributed by atoms with Crippen LogP contribution in [-0.4, -0.2) is 29.6 Å². The Morgan fingerprint density at radius 2 is 2.25 bits per heavy atom. The Morgan fingerprint density at radius 3 is 2.81 bits per heavy atom. The minimum atomic E-state index is -0.624. The molecule has 1 aliphatic carbocycles. The molecule has 0 unspecified atom stereocenters. The van der Waals surface area contributed by atoms with Crippen molar-refractivity contribution in [1.82, 2.24) is 0 Å². The molecule has 0 heterocycles. The van der Waals surface area contributed by atoms with Crippen LogP contribution in [0.4, 0.5) is 0 Å². The number of allylic oxidation sites excluding steroid dienone is 3. The van der Waals surface area contributed by atoms with Crippen LogP contribution < -0.4 is 0 Å². The van der Waals surface area contributed by atoms with E-state index in [2.05, 4.69) is 10.8 Å². The summed E-state index contributed by atoms with van der Waals surface area (Å²) in [6, 6.07) is 0. The van der Waals surface area contributed by atoms with Gasteiger partial charge in [-0.1, -0.05) is 11.6 Å². The molecule has 0 spiro atoms. The van der Waals surface area contributed by atoms with E-state index < -0.39 is 12.8 Å². The van der Waals surface area contributed by atoms with Crippen molar-refractivity contribution in [3.05, 3.63) is 23.3 Å². The van der Waals surface area contributed by atoms with Gasteiger partial charge in [-0.3, -0.25) is 0 Å². The second-order valence-electron chi connectivity index (χ2n) is 3.73. The van der Waals surface area contributed by atoms with E-state index in [0.717, 1.165) is 24.8 Å². The molecule has 0 aromatic heterocycles. The molecule has 0 aromatic rings. The minimum Gasteiger partial charge on any atom is -0.435 e. The zero-order chi connectivity index (χ0) is 11.8. The van der Waals surface area contributed by atoms with Gasteiger partial charge in [-0.15, -0.1) is 0 Å². The lowest BCUT2D eigenvalue weighted by Gasteiger charge is -2.11. The predicted molar refractivity (Wildman–Crippen MR) is 59.5 cm³/mol. The molecule has 0 bridgehead atoms. The number of hydrogen-bond acceptors (Lipinski definition) is 4. The Kier molecular flexibility index (Phi) is 5.82. The standard InChI is InChI=1S/C12H18O4/c13-7-6-11(12(15)16-9-14)8-10-4-2-1-3-5-10/h4,8,13-14H,1-3,5-7,9H2. The number of aliphatic hydroxyl groups is 2. The lowest BCUT2D eigenvalue weighted by atomic mass is 9.97. The number of carbonyl (C=O) groups excluding carboxylic acids is 1. The summed E-state index contributed by atoms with van der Waals surface area (Å²) in [5, 5.41) is 17.4. The van der Waals surface area contributed by atoms with Gasteiger partial charge in [-0.05, 0) is 31.8 Å². The highest BCUT2D eigenvalue weighted by atomic mass is 16.6. The number of carbonyl (C=O) groups is 1. The monoisotopic (exact) mass is 226 g/mol. The second kappa shape index (κ2) is 7.19. The second-order valence-corrected chi connectivity index (χ2v) is 3.73. The van der Waals surface area contributed by atoms with Crippen molar-refractivity contribution >= 4 is 5.97 Å². The molecule has 16 heavy (non-hydrogen) atoms. The van der Waals surface area contributed by atoms with Crippen molar-refractivity contribution in [2.45, 2.75) is 32.1 Å². The van der Waals surface area contributed by atoms with Gasteiger partial charge in [0.25, 0.3) is 0 Å². The third-order valence-corrected chi connectivity index (χ3v) is 2.52. The van der Waals surface area contributed by atoms with Crippen LogP contribution in [0.1, 0.15) is 32.1 Å². The minimum absolute atomic E-state index is 0.0976. The number of rotatable bonds is 5.